The van der Waals surface area contributed by atoms with Gasteiger partial charge in [0.25, 0.3) is 0 Å². The molecule has 2 fully saturated rings. The summed E-state index contributed by atoms with van der Waals surface area (Å²) in [4.78, 5) is 22.4. The number of carbonyl (C=O) groups is 1. The van der Waals surface area contributed by atoms with Crippen LogP contribution >= 0.6 is 0 Å². The van der Waals surface area contributed by atoms with Gasteiger partial charge < -0.3 is 14.4 Å². The molecule has 170 valence electrons. The lowest BCUT2D eigenvalue weighted by Gasteiger charge is -2.39. The molecule has 2 saturated heterocycles. The fraction of sp³-hybridized carbons (Fsp3) is 0.667. The van der Waals surface area contributed by atoms with Crippen LogP contribution in [0.1, 0.15) is 52.5 Å². The van der Waals surface area contributed by atoms with E-state index in [9.17, 15) is 13.6 Å². The number of benzene rings is 1. The summed E-state index contributed by atoms with van der Waals surface area (Å²) >= 11 is 0. The predicted octanol–water partition coefficient (Wildman–Crippen LogP) is 4.48. The monoisotopic (exact) mass is 432 g/mol. The summed E-state index contributed by atoms with van der Waals surface area (Å²) in [6, 6.07) is 1.76. The Labute approximate surface area is 183 Å². The van der Waals surface area contributed by atoms with Gasteiger partial charge in [-0.05, 0) is 56.5 Å². The van der Waals surface area contributed by atoms with Gasteiger partial charge in [0.1, 0.15) is 6.04 Å². The maximum Gasteiger partial charge on any atom is 0.245 e. The minimum atomic E-state index is -0.920. The second-order valence-electron chi connectivity index (χ2n) is 9.87. The molecule has 0 spiro atoms. The largest absolute Gasteiger partial charge is 0.341 e. The second-order valence-corrected chi connectivity index (χ2v) is 9.87. The molecule has 0 N–H and O–H groups in total. The summed E-state index contributed by atoms with van der Waals surface area (Å²) in [5, 5.41) is 0. The highest BCUT2D eigenvalue weighted by Gasteiger charge is 2.33. The standard InChI is InChI=1S/C24H34F2N4O/c1-16(2)23(30-15-27-21-11-19(25)20(26)12-22(21)30)24(31)29-8-4-5-18(14-29)13-28-9-6-17(3)7-10-28/h11-12,15-18,23H,4-10,13-14H2,1-3H3. The van der Waals surface area contributed by atoms with Crippen LogP contribution < -0.4 is 0 Å². The molecule has 2 atom stereocenters. The third-order valence-corrected chi connectivity index (χ3v) is 7.02. The lowest BCUT2D eigenvalue weighted by Crippen LogP contribution is -2.47. The molecule has 7 heteroatoms. The first kappa shape index (κ1) is 22.2. The molecule has 0 aliphatic carbocycles. The van der Waals surface area contributed by atoms with Crippen LogP contribution in [0.3, 0.4) is 0 Å². The van der Waals surface area contributed by atoms with Crippen molar-refractivity contribution in [1.29, 1.82) is 0 Å². The average molecular weight is 433 g/mol. The molecule has 2 aliphatic heterocycles. The van der Waals surface area contributed by atoms with Crippen LogP contribution in [0.15, 0.2) is 18.5 Å². The Morgan fingerprint density at radius 2 is 1.84 bits per heavy atom. The molecular weight excluding hydrogens is 398 g/mol. The molecule has 1 aromatic heterocycles. The van der Waals surface area contributed by atoms with E-state index in [4.69, 9.17) is 0 Å². The number of nitrogens with zero attached hydrogens (tertiary/aromatic N) is 4. The summed E-state index contributed by atoms with van der Waals surface area (Å²) in [5.41, 5.74) is 0.829. The number of halogens is 2. The third kappa shape index (κ3) is 4.76. The molecule has 0 radical (unpaired) electrons. The molecule has 1 aromatic carbocycles. The van der Waals surface area contributed by atoms with E-state index in [-0.39, 0.29) is 11.8 Å². The highest BCUT2D eigenvalue weighted by molar-refractivity contribution is 5.84. The van der Waals surface area contributed by atoms with Gasteiger partial charge in [-0.25, -0.2) is 13.8 Å². The van der Waals surface area contributed by atoms with Gasteiger partial charge in [0, 0.05) is 31.8 Å². The van der Waals surface area contributed by atoms with Crippen LogP contribution in [0.2, 0.25) is 0 Å². The topological polar surface area (TPSA) is 41.4 Å². The number of piperidine rings is 2. The zero-order valence-electron chi connectivity index (χ0n) is 18.9. The smallest absolute Gasteiger partial charge is 0.245 e. The fourth-order valence-corrected chi connectivity index (χ4v) is 5.18. The van der Waals surface area contributed by atoms with Gasteiger partial charge in [0.15, 0.2) is 11.6 Å². The van der Waals surface area contributed by atoms with Crippen molar-refractivity contribution < 1.29 is 13.6 Å². The van der Waals surface area contributed by atoms with Crippen LogP contribution in [0.4, 0.5) is 8.78 Å². The maximum atomic E-state index is 13.9. The van der Waals surface area contributed by atoms with E-state index >= 15 is 0 Å². The van der Waals surface area contributed by atoms with Crippen molar-refractivity contribution in [3.05, 3.63) is 30.1 Å². The number of likely N-dealkylation sites (tertiary alicyclic amines) is 2. The zero-order chi connectivity index (χ0) is 22.1. The molecule has 4 rings (SSSR count). The van der Waals surface area contributed by atoms with Gasteiger partial charge in [-0.2, -0.15) is 0 Å². The van der Waals surface area contributed by atoms with Gasteiger partial charge in [0.05, 0.1) is 17.4 Å². The molecule has 3 heterocycles. The van der Waals surface area contributed by atoms with Gasteiger partial charge in [-0.3, -0.25) is 4.79 Å². The van der Waals surface area contributed by atoms with Crippen LogP contribution in [0, 0.1) is 29.4 Å². The minimum Gasteiger partial charge on any atom is -0.341 e. The summed E-state index contributed by atoms with van der Waals surface area (Å²) in [7, 11) is 0. The Hall–Kier alpha value is -2.02. The van der Waals surface area contributed by atoms with E-state index < -0.39 is 17.7 Å². The summed E-state index contributed by atoms with van der Waals surface area (Å²) in [6.07, 6.45) is 6.23. The highest BCUT2D eigenvalue weighted by Crippen LogP contribution is 2.29. The first-order valence-corrected chi connectivity index (χ1v) is 11.7. The summed E-state index contributed by atoms with van der Waals surface area (Å²) in [5.74, 6) is -0.479. The zero-order valence-corrected chi connectivity index (χ0v) is 18.9. The molecule has 2 unspecified atom stereocenters. The van der Waals surface area contributed by atoms with E-state index in [0.29, 0.717) is 17.0 Å². The molecule has 31 heavy (non-hydrogen) atoms. The molecule has 1 amide bonds. The second kappa shape index (κ2) is 9.23. The SMILES string of the molecule is CC1CCN(CC2CCCN(C(=O)C(C(C)C)n3cnc4cc(F)c(F)cc43)C2)CC1. The van der Waals surface area contributed by atoms with Crippen LogP contribution in [0.25, 0.3) is 11.0 Å². The van der Waals surface area contributed by atoms with E-state index in [1.807, 2.05) is 18.7 Å². The molecule has 5 nitrogen and oxygen atoms in total. The van der Waals surface area contributed by atoms with Crippen molar-refractivity contribution in [3.63, 3.8) is 0 Å². The Balaban J connectivity index is 1.50. The van der Waals surface area contributed by atoms with Crippen LogP contribution in [-0.2, 0) is 4.79 Å². The third-order valence-electron chi connectivity index (χ3n) is 7.02. The Morgan fingerprint density at radius 1 is 1.13 bits per heavy atom. The van der Waals surface area contributed by atoms with E-state index in [2.05, 4.69) is 16.8 Å². The predicted molar refractivity (Wildman–Crippen MR) is 118 cm³/mol. The Bertz CT molecular complexity index is 920. The minimum absolute atomic E-state index is 0.00183. The van der Waals surface area contributed by atoms with Crippen molar-refractivity contribution in [1.82, 2.24) is 19.4 Å². The number of hydrogen-bond acceptors (Lipinski definition) is 3. The van der Waals surface area contributed by atoms with Crippen molar-refractivity contribution in [2.24, 2.45) is 17.8 Å². The van der Waals surface area contributed by atoms with E-state index in [0.717, 1.165) is 63.6 Å². The number of aromatic nitrogens is 2. The molecule has 2 aromatic rings. The van der Waals surface area contributed by atoms with Crippen molar-refractivity contribution in [2.75, 3.05) is 32.7 Å². The Kier molecular flexibility index (Phi) is 6.60. The average Bonchev–Trinajstić information content (AvgIpc) is 3.12. The number of amides is 1. The quantitative estimate of drug-likeness (QED) is 0.699. The van der Waals surface area contributed by atoms with Crippen LogP contribution in [-0.4, -0.2) is 58.0 Å². The molecule has 0 bridgehead atoms. The summed E-state index contributed by atoms with van der Waals surface area (Å²) < 4.78 is 29.3. The van der Waals surface area contributed by atoms with E-state index in [1.165, 1.54) is 12.8 Å². The van der Waals surface area contributed by atoms with Crippen molar-refractivity contribution >= 4 is 16.9 Å². The number of fused-ring (bicyclic) bond motifs is 1. The number of rotatable bonds is 5. The maximum absolute atomic E-state index is 13.9. The molecule has 2 aliphatic rings. The lowest BCUT2D eigenvalue weighted by atomic mass is 9.93. The number of carbonyl (C=O) groups excluding carboxylic acids is 1. The van der Waals surface area contributed by atoms with Gasteiger partial charge in [-0.1, -0.05) is 20.8 Å². The normalized spacial score (nSPS) is 22.4. The highest BCUT2D eigenvalue weighted by atomic mass is 19.2. The van der Waals surface area contributed by atoms with Crippen molar-refractivity contribution in [2.45, 2.75) is 52.5 Å². The molecular formula is C24H34F2N4O. The molecule has 0 saturated carbocycles. The lowest BCUT2D eigenvalue weighted by molar-refractivity contribution is -0.138. The van der Waals surface area contributed by atoms with Gasteiger partial charge in [-0.15, -0.1) is 0 Å². The van der Waals surface area contributed by atoms with Gasteiger partial charge in [0.2, 0.25) is 5.91 Å². The number of hydrogen-bond donors (Lipinski definition) is 0. The van der Waals surface area contributed by atoms with Crippen molar-refractivity contribution in [3.8, 4) is 0 Å². The van der Waals surface area contributed by atoms with E-state index in [1.54, 1.807) is 10.9 Å². The Morgan fingerprint density at radius 3 is 2.55 bits per heavy atom. The summed E-state index contributed by atoms with van der Waals surface area (Å²) in [6.45, 7) is 11.2. The first-order valence-electron chi connectivity index (χ1n) is 11.7. The number of imidazole rings is 1. The fourth-order valence-electron chi connectivity index (χ4n) is 5.18. The first-order chi connectivity index (χ1) is 14.8. The van der Waals surface area contributed by atoms with Crippen LogP contribution in [0.5, 0.6) is 0 Å². The van der Waals surface area contributed by atoms with Gasteiger partial charge >= 0.3 is 0 Å².